The molecule has 1 heterocycles. The van der Waals surface area contributed by atoms with Gasteiger partial charge in [-0.25, -0.2) is 0 Å². The van der Waals surface area contributed by atoms with E-state index < -0.39 is 0 Å². The van der Waals surface area contributed by atoms with Gasteiger partial charge in [-0.2, -0.15) is 4.57 Å². The Labute approximate surface area is 154 Å². The van der Waals surface area contributed by atoms with Gasteiger partial charge in [-0.15, -0.1) is 0 Å². The molecule has 0 radical (unpaired) electrons. The Morgan fingerprint density at radius 1 is 0.885 bits per heavy atom. The lowest BCUT2D eigenvalue weighted by atomic mass is 9.99. The van der Waals surface area contributed by atoms with E-state index in [1.54, 1.807) is 0 Å². The molecule has 0 aliphatic heterocycles. The minimum Gasteiger partial charge on any atom is -0.377 e. The van der Waals surface area contributed by atoms with Gasteiger partial charge in [-0.1, -0.05) is 60.7 Å². The van der Waals surface area contributed by atoms with E-state index in [9.17, 15) is 4.79 Å². The third-order valence-corrected chi connectivity index (χ3v) is 4.29. The van der Waals surface area contributed by atoms with E-state index in [-0.39, 0.29) is 18.5 Å². The quantitative estimate of drug-likeness (QED) is 0.697. The van der Waals surface area contributed by atoms with Crippen LogP contribution in [0.5, 0.6) is 0 Å². The number of amides is 1. The van der Waals surface area contributed by atoms with E-state index in [0.717, 1.165) is 16.8 Å². The van der Waals surface area contributed by atoms with Crippen molar-refractivity contribution in [2.75, 3.05) is 19.0 Å². The molecule has 0 unspecified atom stereocenters. The van der Waals surface area contributed by atoms with Crippen molar-refractivity contribution in [2.24, 2.45) is 0 Å². The molecule has 0 aliphatic carbocycles. The van der Waals surface area contributed by atoms with Crippen LogP contribution in [-0.2, 0) is 11.3 Å². The molecular formula is C22H24N3O+. The Morgan fingerprint density at radius 2 is 1.38 bits per heavy atom. The first kappa shape index (κ1) is 17.7. The van der Waals surface area contributed by atoms with Gasteiger partial charge < -0.3 is 10.2 Å². The van der Waals surface area contributed by atoms with Crippen LogP contribution < -0.4 is 14.8 Å². The Bertz CT molecular complexity index is 791. The number of hydrogen-bond donors (Lipinski definition) is 1. The maximum Gasteiger partial charge on any atom is 0.286 e. The van der Waals surface area contributed by atoms with Crippen LogP contribution in [0.4, 0.5) is 5.69 Å². The first-order valence-electron chi connectivity index (χ1n) is 8.69. The maximum atomic E-state index is 12.6. The van der Waals surface area contributed by atoms with Gasteiger partial charge in [-0.05, 0) is 11.1 Å². The van der Waals surface area contributed by atoms with Gasteiger partial charge in [0.15, 0.2) is 12.4 Å². The van der Waals surface area contributed by atoms with Gasteiger partial charge in [0.25, 0.3) is 5.91 Å². The number of nitrogens with one attached hydrogen (secondary N) is 1. The summed E-state index contributed by atoms with van der Waals surface area (Å²) >= 11 is 0. The molecule has 0 atom stereocenters. The second-order valence-electron chi connectivity index (χ2n) is 6.44. The topological polar surface area (TPSA) is 36.2 Å². The smallest absolute Gasteiger partial charge is 0.286 e. The molecule has 4 heteroatoms. The molecule has 0 fully saturated rings. The highest BCUT2D eigenvalue weighted by atomic mass is 16.2. The van der Waals surface area contributed by atoms with Gasteiger partial charge in [0.1, 0.15) is 0 Å². The number of benzene rings is 2. The molecule has 1 aromatic heterocycles. The lowest BCUT2D eigenvalue weighted by molar-refractivity contribution is -0.684. The Hall–Kier alpha value is -3.14. The van der Waals surface area contributed by atoms with Crippen LogP contribution in [0, 0.1) is 0 Å². The summed E-state index contributed by atoms with van der Waals surface area (Å²) in [6.07, 6.45) is 3.85. The molecule has 0 saturated heterocycles. The Kier molecular flexibility index (Phi) is 5.64. The highest BCUT2D eigenvalue weighted by Crippen LogP contribution is 2.21. The zero-order valence-corrected chi connectivity index (χ0v) is 15.2. The summed E-state index contributed by atoms with van der Waals surface area (Å²) in [6, 6.07) is 23.9. The van der Waals surface area contributed by atoms with Crippen LogP contribution in [0.25, 0.3) is 0 Å². The minimum atomic E-state index is -0.161. The van der Waals surface area contributed by atoms with E-state index in [1.165, 1.54) is 0 Å². The molecule has 0 bridgehead atoms. The second-order valence-corrected chi connectivity index (χ2v) is 6.44. The molecule has 26 heavy (non-hydrogen) atoms. The fourth-order valence-corrected chi connectivity index (χ4v) is 2.88. The fraction of sp³-hybridized carbons (Fsp3) is 0.182. The number of hydrogen-bond acceptors (Lipinski definition) is 2. The number of rotatable bonds is 6. The SMILES string of the molecule is CN(C)c1cc[n+](CC(=O)NC(c2ccccc2)c2ccccc2)cc1. The van der Waals surface area contributed by atoms with Crippen molar-refractivity contribution in [3.63, 3.8) is 0 Å². The lowest BCUT2D eigenvalue weighted by Gasteiger charge is -2.19. The summed E-state index contributed by atoms with van der Waals surface area (Å²) in [5.41, 5.74) is 3.24. The number of carbonyl (C=O) groups is 1. The van der Waals surface area contributed by atoms with Crippen molar-refractivity contribution in [1.82, 2.24) is 5.32 Å². The van der Waals surface area contributed by atoms with Gasteiger partial charge in [-0.3, -0.25) is 4.79 Å². The fourth-order valence-electron chi connectivity index (χ4n) is 2.88. The predicted molar refractivity (Wildman–Crippen MR) is 104 cm³/mol. The van der Waals surface area contributed by atoms with Gasteiger partial charge in [0.05, 0.1) is 6.04 Å². The van der Waals surface area contributed by atoms with Crippen molar-refractivity contribution < 1.29 is 9.36 Å². The molecule has 3 aromatic rings. The van der Waals surface area contributed by atoms with Gasteiger partial charge >= 0.3 is 0 Å². The number of aromatic nitrogens is 1. The van der Waals surface area contributed by atoms with Crippen molar-refractivity contribution in [3.8, 4) is 0 Å². The standard InChI is InChI=1S/C22H23N3O/c1-24(2)20-13-15-25(16-14-20)17-21(26)23-22(18-9-5-3-6-10-18)19-11-7-4-8-12-19/h3-16,22H,17H2,1-2H3/p+1. The predicted octanol–water partition coefficient (Wildman–Crippen LogP) is 2.95. The molecule has 1 amide bonds. The normalized spacial score (nSPS) is 10.6. The summed E-state index contributed by atoms with van der Waals surface area (Å²) in [7, 11) is 3.99. The van der Waals surface area contributed by atoms with Crippen LogP contribution in [0.2, 0.25) is 0 Å². The maximum absolute atomic E-state index is 12.6. The van der Waals surface area contributed by atoms with Crippen LogP contribution in [0.1, 0.15) is 17.2 Å². The first-order valence-corrected chi connectivity index (χ1v) is 8.69. The van der Waals surface area contributed by atoms with Crippen LogP contribution in [-0.4, -0.2) is 20.0 Å². The number of carbonyl (C=O) groups excluding carboxylic acids is 1. The zero-order valence-electron chi connectivity index (χ0n) is 15.2. The van der Waals surface area contributed by atoms with Gasteiger partial charge in [0, 0.05) is 31.9 Å². The molecule has 0 saturated carbocycles. The summed E-state index contributed by atoms with van der Waals surface area (Å²) in [5, 5.41) is 3.17. The van der Waals surface area contributed by atoms with E-state index in [4.69, 9.17) is 0 Å². The van der Waals surface area contributed by atoms with Crippen molar-refractivity contribution in [3.05, 3.63) is 96.3 Å². The third kappa shape index (κ3) is 4.48. The summed E-state index contributed by atoms with van der Waals surface area (Å²) < 4.78 is 1.88. The second kappa shape index (κ2) is 8.30. The molecule has 1 N–H and O–H groups in total. The molecule has 132 valence electrons. The molecule has 4 nitrogen and oxygen atoms in total. The Morgan fingerprint density at radius 3 is 1.85 bits per heavy atom. The molecule has 3 rings (SSSR count). The third-order valence-electron chi connectivity index (χ3n) is 4.29. The van der Waals surface area contributed by atoms with Crippen LogP contribution in [0.15, 0.2) is 85.2 Å². The van der Waals surface area contributed by atoms with E-state index in [2.05, 4.69) is 5.32 Å². The highest BCUT2D eigenvalue weighted by Gasteiger charge is 2.18. The summed E-state index contributed by atoms with van der Waals surface area (Å²) in [4.78, 5) is 14.7. The first-order chi connectivity index (χ1) is 12.6. The monoisotopic (exact) mass is 346 g/mol. The highest BCUT2D eigenvalue weighted by molar-refractivity contribution is 5.75. The van der Waals surface area contributed by atoms with E-state index in [1.807, 2.05) is 109 Å². The van der Waals surface area contributed by atoms with Crippen LogP contribution >= 0.6 is 0 Å². The minimum absolute atomic E-state index is 0.0229. The van der Waals surface area contributed by atoms with Crippen molar-refractivity contribution in [2.45, 2.75) is 12.6 Å². The Balaban J connectivity index is 1.75. The lowest BCUT2D eigenvalue weighted by Crippen LogP contribution is -2.43. The summed E-state index contributed by atoms with van der Waals surface area (Å²) in [5.74, 6) is -0.0229. The number of anilines is 1. The zero-order chi connectivity index (χ0) is 18.4. The van der Waals surface area contributed by atoms with E-state index >= 15 is 0 Å². The van der Waals surface area contributed by atoms with E-state index in [0.29, 0.717) is 0 Å². The van der Waals surface area contributed by atoms with Gasteiger partial charge in [0.2, 0.25) is 6.54 Å². The van der Waals surface area contributed by atoms with Crippen molar-refractivity contribution >= 4 is 11.6 Å². The molecular weight excluding hydrogens is 322 g/mol. The molecule has 0 aliphatic rings. The molecule has 0 spiro atoms. The number of pyridine rings is 1. The average Bonchev–Trinajstić information content (AvgIpc) is 2.68. The largest absolute Gasteiger partial charge is 0.377 e. The van der Waals surface area contributed by atoms with Crippen molar-refractivity contribution in [1.29, 1.82) is 0 Å². The molecule has 2 aromatic carbocycles. The summed E-state index contributed by atoms with van der Waals surface area (Å²) in [6.45, 7) is 0.282. The average molecular weight is 346 g/mol. The number of nitrogens with zero attached hydrogens (tertiary/aromatic N) is 2. The van der Waals surface area contributed by atoms with Crippen LogP contribution in [0.3, 0.4) is 0 Å².